The molecule has 0 fully saturated rings. The standard InChI is InChI=1S/C21H20O3S/c1-15-6-3-4-8-18(15)20-12-16(9-10-19(20)21(22)23-2)13-24-14-17-7-5-11-25-17/h3-12H,13-14H2,1-2H3. The Balaban J connectivity index is 1.87. The molecule has 0 spiro atoms. The molecule has 2 aromatic carbocycles. The van der Waals surface area contributed by atoms with Crippen molar-refractivity contribution in [2.45, 2.75) is 20.1 Å². The van der Waals surface area contributed by atoms with Crippen LogP contribution in [0.2, 0.25) is 0 Å². The van der Waals surface area contributed by atoms with Crippen molar-refractivity contribution >= 4 is 17.3 Å². The molecule has 0 aliphatic rings. The predicted octanol–water partition coefficient (Wildman–Crippen LogP) is 5.23. The van der Waals surface area contributed by atoms with Crippen molar-refractivity contribution in [1.82, 2.24) is 0 Å². The zero-order valence-electron chi connectivity index (χ0n) is 14.3. The molecule has 0 amide bonds. The van der Waals surface area contributed by atoms with Gasteiger partial charge in [-0.25, -0.2) is 4.79 Å². The van der Waals surface area contributed by atoms with Gasteiger partial charge in [0.15, 0.2) is 0 Å². The Labute approximate surface area is 151 Å². The highest BCUT2D eigenvalue weighted by Gasteiger charge is 2.15. The number of rotatable bonds is 6. The van der Waals surface area contributed by atoms with Crippen LogP contribution in [0.5, 0.6) is 0 Å². The summed E-state index contributed by atoms with van der Waals surface area (Å²) in [5, 5.41) is 2.04. The third-order valence-corrected chi connectivity index (χ3v) is 4.87. The summed E-state index contributed by atoms with van der Waals surface area (Å²) in [5.74, 6) is -0.329. The molecular formula is C21H20O3S. The molecule has 128 valence electrons. The van der Waals surface area contributed by atoms with Gasteiger partial charge in [0.1, 0.15) is 0 Å². The van der Waals surface area contributed by atoms with Crippen molar-refractivity contribution < 1.29 is 14.3 Å². The van der Waals surface area contributed by atoms with E-state index >= 15 is 0 Å². The second kappa shape index (κ2) is 8.10. The van der Waals surface area contributed by atoms with Crippen LogP contribution in [-0.2, 0) is 22.7 Å². The average Bonchev–Trinajstić information content (AvgIpc) is 3.15. The first kappa shape index (κ1) is 17.4. The zero-order valence-corrected chi connectivity index (χ0v) is 15.1. The summed E-state index contributed by atoms with van der Waals surface area (Å²) in [6.45, 7) is 3.13. The van der Waals surface area contributed by atoms with Crippen molar-refractivity contribution in [2.24, 2.45) is 0 Å². The fraction of sp³-hybridized carbons (Fsp3) is 0.190. The number of carbonyl (C=O) groups is 1. The van der Waals surface area contributed by atoms with E-state index in [9.17, 15) is 4.79 Å². The van der Waals surface area contributed by atoms with E-state index in [1.807, 2.05) is 60.8 Å². The lowest BCUT2D eigenvalue weighted by atomic mass is 9.94. The molecular weight excluding hydrogens is 332 g/mol. The fourth-order valence-electron chi connectivity index (χ4n) is 2.73. The van der Waals surface area contributed by atoms with Crippen LogP contribution in [0.4, 0.5) is 0 Å². The van der Waals surface area contributed by atoms with E-state index in [0.29, 0.717) is 18.8 Å². The number of hydrogen-bond acceptors (Lipinski definition) is 4. The SMILES string of the molecule is COC(=O)c1ccc(COCc2cccs2)cc1-c1ccccc1C. The molecule has 0 saturated carbocycles. The van der Waals surface area contributed by atoms with Gasteiger partial charge >= 0.3 is 5.97 Å². The Bertz CT molecular complexity index is 853. The van der Waals surface area contributed by atoms with Crippen LogP contribution in [0.15, 0.2) is 60.0 Å². The lowest BCUT2D eigenvalue weighted by Gasteiger charge is -2.13. The van der Waals surface area contributed by atoms with Gasteiger partial charge in [0, 0.05) is 4.88 Å². The summed E-state index contributed by atoms with van der Waals surface area (Å²) in [6, 6.07) is 17.9. The predicted molar refractivity (Wildman–Crippen MR) is 101 cm³/mol. The van der Waals surface area contributed by atoms with E-state index in [0.717, 1.165) is 22.3 Å². The monoisotopic (exact) mass is 352 g/mol. The molecule has 0 aliphatic heterocycles. The molecule has 3 aromatic rings. The highest BCUT2D eigenvalue weighted by Crippen LogP contribution is 2.29. The Morgan fingerprint density at radius 1 is 1.00 bits per heavy atom. The summed E-state index contributed by atoms with van der Waals surface area (Å²) >= 11 is 1.68. The van der Waals surface area contributed by atoms with Gasteiger partial charge in [0.25, 0.3) is 0 Å². The minimum absolute atomic E-state index is 0.329. The van der Waals surface area contributed by atoms with E-state index in [1.54, 1.807) is 11.3 Å². The Morgan fingerprint density at radius 3 is 2.56 bits per heavy atom. The first-order chi connectivity index (χ1) is 12.2. The normalized spacial score (nSPS) is 10.6. The van der Waals surface area contributed by atoms with Crippen LogP contribution in [0.3, 0.4) is 0 Å². The van der Waals surface area contributed by atoms with Crippen LogP contribution < -0.4 is 0 Å². The molecule has 1 aromatic heterocycles. The lowest BCUT2D eigenvalue weighted by Crippen LogP contribution is -2.05. The molecule has 0 N–H and O–H groups in total. The van der Waals surface area contributed by atoms with Crippen LogP contribution in [-0.4, -0.2) is 13.1 Å². The number of ether oxygens (including phenoxy) is 2. The molecule has 0 saturated heterocycles. The van der Waals surface area contributed by atoms with E-state index in [2.05, 4.69) is 6.07 Å². The summed E-state index contributed by atoms with van der Waals surface area (Å²) < 4.78 is 10.7. The molecule has 0 aliphatic carbocycles. The molecule has 3 rings (SSSR count). The van der Waals surface area contributed by atoms with Gasteiger partial charge in [-0.15, -0.1) is 11.3 Å². The molecule has 0 atom stereocenters. The van der Waals surface area contributed by atoms with Gasteiger partial charge in [-0.2, -0.15) is 0 Å². The highest BCUT2D eigenvalue weighted by atomic mass is 32.1. The van der Waals surface area contributed by atoms with E-state index in [-0.39, 0.29) is 5.97 Å². The molecule has 4 heteroatoms. The number of thiophene rings is 1. The van der Waals surface area contributed by atoms with Crippen LogP contribution in [0.1, 0.15) is 26.4 Å². The second-order valence-corrected chi connectivity index (χ2v) is 6.79. The minimum atomic E-state index is -0.329. The maximum atomic E-state index is 12.1. The van der Waals surface area contributed by atoms with Gasteiger partial charge in [-0.1, -0.05) is 36.4 Å². The zero-order chi connectivity index (χ0) is 17.6. The first-order valence-electron chi connectivity index (χ1n) is 8.06. The van der Waals surface area contributed by atoms with Gasteiger partial charge in [0.05, 0.1) is 25.9 Å². The topological polar surface area (TPSA) is 35.5 Å². The molecule has 0 bridgehead atoms. The van der Waals surface area contributed by atoms with Crippen LogP contribution in [0, 0.1) is 6.92 Å². The molecule has 25 heavy (non-hydrogen) atoms. The summed E-state index contributed by atoms with van der Waals surface area (Å²) in [6.07, 6.45) is 0. The third-order valence-electron chi connectivity index (χ3n) is 4.02. The minimum Gasteiger partial charge on any atom is -0.465 e. The molecule has 3 nitrogen and oxygen atoms in total. The smallest absolute Gasteiger partial charge is 0.338 e. The van der Waals surface area contributed by atoms with Crippen LogP contribution >= 0.6 is 11.3 Å². The second-order valence-electron chi connectivity index (χ2n) is 5.76. The number of esters is 1. The van der Waals surface area contributed by atoms with E-state index in [1.165, 1.54) is 12.0 Å². The highest BCUT2D eigenvalue weighted by molar-refractivity contribution is 7.09. The number of carbonyl (C=O) groups excluding carboxylic acids is 1. The quantitative estimate of drug-likeness (QED) is 0.570. The molecule has 0 radical (unpaired) electrons. The van der Waals surface area contributed by atoms with Crippen molar-refractivity contribution in [3.05, 3.63) is 81.5 Å². The number of benzene rings is 2. The maximum Gasteiger partial charge on any atom is 0.338 e. The average molecular weight is 352 g/mol. The van der Waals surface area contributed by atoms with Gasteiger partial charge in [-0.05, 0) is 52.8 Å². The van der Waals surface area contributed by atoms with Gasteiger partial charge < -0.3 is 9.47 Å². The van der Waals surface area contributed by atoms with Crippen molar-refractivity contribution in [2.75, 3.05) is 7.11 Å². The first-order valence-corrected chi connectivity index (χ1v) is 8.94. The maximum absolute atomic E-state index is 12.1. The summed E-state index contributed by atoms with van der Waals surface area (Å²) in [4.78, 5) is 13.3. The number of aryl methyl sites for hydroxylation is 1. The Hall–Kier alpha value is -2.43. The lowest BCUT2D eigenvalue weighted by molar-refractivity contribution is 0.0601. The largest absolute Gasteiger partial charge is 0.465 e. The van der Waals surface area contributed by atoms with Crippen LogP contribution in [0.25, 0.3) is 11.1 Å². The summed E-state index contributed by atoms with van der Waals surface area (Å²) in [7, 11) is 1.40. The van der Waals surface area contributed by atoms with E-state index < -0.39 is 0 Å². The van der Waals surface area contributed by atoms with E-state index in [4.69, 9.17) is 9.47 Å². The Kier molecular flexibility index (Phi) is 5.64. The molecule has 1 heterocycles. The molecule has 0 unspecified atom stereocenters. The number of methoxy groups -OCH3 is 1. The van der Waals surface area contributed by atoms with Crippen molar-refractivity contribution in [3.63, 3.8) is 0 Å². The van der Waals surface area contributed by atoms with Gasteiger partial charge in [0.2, 0.25) is 0 Å². The fourth-order valence-corrected chi connectivity index (χ4v) is 3.37. The van der Waals surface area contributed by atoms with Crippen molar-refractivity contribution in [3.8, 4) is 11.1 Å². The van der Waals surface area contributed by atoms with Crippen molar-refractivity contribution in [1.29, 1.82) is 0 Å². The summed E-state index contributed by atoms with van der Waals surface area (Å²) in [5.41, 5.74) is 4.62. The van der Waals surface area contributed by atoms with Gasteiger partial charge in [-0.3, -0.25) is 0 Å². The Morgan fingerprint density at radius 2 is 1.84 bits per heavy atom. The number of hydrogen-bond donors (Lipinski definition) is 0. The third kappa shape index (κ3) is 4.16.